The number of nitrogens with one attached hydrogen (secondary N) is 1. The van der Waals surface area contributed by atoms with Gasteiger partial charge in [-0.05, 0) is 59.1 Å². The molecule has 1 amide bonds. The molecular weight excluding hydrogens is 562 g/mol. The standard InChI is InChI=1S/C34H39N3O7/c1-7-21-19-34(21,32(40)42-8-2)37-29(38)25-16-23(17-26(25)31(39)44-33(3,4)5)43-30-24-15-14-22(41-6)18-27(24)35-28(36-30)20-12-10-9-11-13-20/h7,9-15,18,21,23,25-26H,1,8,16-17,19H2,2-6H3,(H,37,38)/t21?,23-,25-,26-,34?/m1/s1. The largest absolute Gasteiger partial charge is 0.497 e. The number of hydrogen-bond acceptors (Lipinski definition) is 9. The second kappa shape index (κ2) is 12.3. The third-order valence-corrected chi connectivity index (χ3v) is 8.03. The molecule has 2 aliphatic rings. The summed E-state index contributed by atoms with van der Waals surface area (Å²) >= 11 is 0. The topological polar surface area (TPSA) is 126 Å². The molecule has 2 fully saturated rings. The first kappa shape index (κ1) is 31.0. The second-order valence-corrected chi connectivity index (χ2v) is 12.3. The first-order valence-electron chi connectivity index (χ1n) is 14.9. The molecule has 5 rings (SSSR count). The number of aromatic nitrogens is 2. The van der Waals surface area contributed by atoms with Crippen molar-refractivity contribution in [1.29, 1.82) is 0 Å². The fourth-order valence-electron chi connectivity index (χ4n) is 5.76. The van der Waals surface area contributed by atoms with Crippen molar-refractivity contribution in [3.05, 3.63) is 61.2 Å². The number of carbonyl (C=O) groups excluding carboxylic acids is 3. The number of amides is 1. The van der Waals surface area contributed by atoms with Gasteiger partial charge in [-0.3, -0.25) is 9.59 Å². The zero-order valence-corrected chi connectivity index (χ0v) is 25.8. The monoisotopic (exact) mass is 601 g/mol. The van der Waals surface area contributed by atoms with Crippen molar-refractivity contribution in [2.24, 2.45) is 17.8 Å². The summed E-state index contributed by atoms with van der Waals surface area (Å²) in [5.74, 6) is -1.82. The number of nitrogens with zero attached hydrogens (tertiary/aromatic N) is 2. The van der Waals surface area contributed by atoms with E-state index in [9.17, 15) is 14.4 Å². The molecule has 10 nitrogen and oxygen atoms in total. The molecule has 0 bridgehead atoms. The first-order chi connectivity index (χ1) is 21.0. The zero-order valence-electron chi connectivity index (χ0n) is 25.8. The van der Waals surface area contributed by atoms with Crippen LogP contribution in [0.5, 0.6) is 11.6 Å². The Morgan fingerprint density at radius 2 is 1.80 bits per heavy atom. The normalized spacial score (nSPS) is 24.3. The van der Waals surface area contributed by atoms with E-state index in [4.69, 9.17) is 28.9 Å². The number of rotatable bonds is 10. The van der Waals surface area contributed by atoms with Crippen molar-refractivity contribution in [2.45, 2.75) is 64.2 Å². The van der Waals surface area contributed by atoms with Crippen LogP contribution in [-0.4, -0.2) is 58.8 Å². The van der Waals surface area contributed by atoms with Gasteiger partial charge in [0.15, 0.2) is 5.82 Å². The van der Waals surface area contributed by atoms with Gasteiger partial charge in [0.1, 0.15) is 23.0 Å². The molecule has 1 N–H and O–H groups in total. The Hall–Kier alpha value is -4.47. The Morgan fingerprint density at radius 3 is 2.43 bits per heavy atom. The van der Waals surface area contributed by atoms with E-state index in [1.807, 2.05) is 42.5 Å². The summed E-state index contributed by atoms with van der Waals surface area (Å²) in [4.78, 5) is 49.6. The maximum atomic E-state index is 13.8. The fourth-order valence-corrected chi connectivity index (χ4v) is 5.76. The molecule has 0 saturated heterocycles. The van der Waals surface area contributed by atoms with E-state index in [0.717, 1.165) is 5.56 Å². The van der Waals surface area contributed by atoms with Crippen LogP contribution >= 0.6 is 0 Å². The van der Waals surface area contributed by atoms with Gasteiger partial charge in [-0.15, -0.1) is 6.58 Å². The minimum absolute atomic E-state index is 0.184. The number of hydrogen-bond donors (Lipinski definition) is 1. The lowest BCUT2D eigenvalue weighted by Gasteiger charge is -2.25. The summed E-state index contributed by atoms with van der Waals surface area (Å²) in [5.41, 5.74) is -0.494. The lowest BCUT2D eigenvalue weighted by atomic mass is 9.94. The van der Waals surface area contributed by atoms with E-state index < -0.39 is 46.9 Å². The van der Waals surface area contributed by atoms with Crippen LogP contribution in [0, 0.1) is 17.8 Å². The van der Waals surface area contributed by atoms with Crippen LogP contribution in [0.2, 0.25) is 0 Å². The summed E-state index contributed by atoms with van der Waals surface area (Å²) in [7, 11) is 1.59. The van der Waals surface area contributed by atoms with Gasteiger partial charge in [-0.25, -0.2) is 9.78 Å². The molecule has 0 aliphatic heterocycles. The summed E-state index contributed by atoms with van der Waals surface area (Å²) in [5, 5.41) is 3.58. The van der Waals surface area contributed by atoms with Gasteiger partial charge < -0.3 is 24.3 Å². The van der Waals surface area contributed by atoms with E-state index in [2.05, 4.69) is 11.9 Å². The van der Waals surface area contributed by atoms with Crippen molar-refractivity contribution in [1.82, 2.24) is 15.3 Å². The molecule has 10 heteroatoms. The van der Waals surface area contributed by atoms with Crippen molar-refractivity contribution in [2.75, 3.05) is 13.7 Å². The minimum atomic E-state index is -1.18. The average molecular weight is 602 g/mol. The quantitative estimate of drug-likeness (QED) is 0.251. The third-order valence-electron chi connectivity index (χ3n) is 8.03. The number of benzene rings is 2. The van der Waals surface area contributed by atoms with Gasteiger partial charge in [0.25, 0.3) is 0 Å². The highest BCUT2D eigenvalue weighted by atomic mass is 16.6. The van der Waals surface area contributed by atoms with Gasteiger partial charge >= 0.3 is 11.9 Å². The first-order valence-corrected chi connectivity index (χ1v) is 14.9. The minimum Gasteiger partial charge on any atom is -0.497 e. The maximum Gasteiger partial charge on any atom is 0.332 e. The van der Waals surface area contributed by atoms with Gasteiger partial charge in [-0.1, -0.05) is 36.4 Å². The van der Waals surface area contributed by atoms with Crippen molar-refractivity contribution in [3.63, 3.8) is 0 Å². The van der Waals surface area contributed by atoms with E-state index in [-0.39, 0.29) is 25.4 Å². The Balaban J connectivity index is 1.46. The highest BCUT2D eigenvalue weighted by Crippen LogP contribution is 2.47. The number of esters is 2. The molecular formula is C34H39N3O7. The van der Waals surface area contributed by atoms with Crippen LogP contribution in [0.4, 0.5) is 0 Å². The Labute approximate surface area is 257 Å². The lowest BCUT2D eigenvalue weighted by molar-refractivity contribution is -0.163. The van der Waals surface area contributed by atoms with E-state index in [1.165, 1.54) is 0 Å². The Bertz CT molecular complexity index is 1570. The molecule has 5 atom stereocenters. The average Bonchev–Trinajstić information content (AvgIpc) is 3.55. The number of carbonyl (C=O) groups is 3. The predicted octanol–water partition coefficient (Wildman–Crippen LogP) is 5.04. The van der Waals surface area contributed by atoms with E-state index in [1.54, 1.807) is 46.9 Å². The van der Waals surface area contributed by atoms with Crippen LogP contribution in [-0.2, 0) is 23.9 Å². The molecule has 2 saturated carbocycles. The van der Waals surface area contributed by atoms with Crippen LogP contribution < -0.4 is 14.8 Å². The lowest BCUT2D eigenvalue weighted by Crippen LogP contribution is -2.49. The highest BCUT2D eigenvalue weighted by molar-refractivity contribution is 5.94. The molecule has 44 heavy (non-hydrogen) atoms. The molecule has 2 aromatic carbocycles. The molecule has 0 spiro atoms. The van der Waals surface area contributed by atoms with Crippen molar-refractivity contribution < 1.29 is 33.3 Å². The SMILES string of the molecule is C=CC1CC1(NC(=O)[C@@H]1C[C@@H](Oc2nc(-c3ccccc3)nc3cc(OC)ccc23)C[C@H]1C(=O)OC(C)(C)C)C(=O)OCC. The van der Waals surface area contributed by atoms with Gasteiger partial charge in [0.2, 0.25) is 11.8 Å². The Morgan fingerprint density at radius 1 is 1.07 bits per heavy atom. The van der Waals surface area contributed by atoms with Gasteiger partial charge in [0, 0.05) is 17.5 Å². The molecule has 3 aromatic rings. The summed E-state index contributed by atoms with van der Waals surface area (Å²) in [6, 6.07) is 15.0. The third kappa shape index (κ3) is 6.39. The summed E-state index contributed by atoms with van der Waals surface area (Å²) in [6.45, 7) is 11.0. The van der Waals surface area contributed by atoms with E-state index in [0.29, 0.717) is 34.8 Å². The summed E-state index contributed by atoms with van der Waals surface area (Å²) < 4.78 is 22.9. The predicted molar refractivity (Wildman–Crippen MR) is 164 cm³/mol. The van der Waals surface area contributed by atoms with Crippen LogP contribution in [0.25, 0.3) is 22.3 Å². The van der Waals surface area contributed by atoms with Crippen LogP contribution in [0.3, 0.4) is 0 Å². The zero-order chi connectivity index (χ0) is 31.6. The molecule has 232 valence electrons. The van der Waals surface area contributed by atoms with E-state index >= 15 is 0 Å². The molecule has 2 aliphatic carbocycles. The van der Waals surface area contributed by atoms with Crippen LogP contribution in [0.15, 0.2) is 61.2 Å². The molecule has 1 heterocycles. The summed E-state index contributed by atoms with van der Waals surface area (Å²) in [6.07, 6.45) is 1.94. The van der Waals surface area contributed by atoms with Crippen molar-refractivity contribution >= 4 is 28.7 Å². The maximum absolute atomic E-state index is 13.8. The number of fused-ring (bicyclic) bond motifs is 1. The molecule has 0 radical (unpaired) electrons. The molecule has 1 aromatic heterocycles. The van der Waals surface area contributed by atoms with Crippen LogP contribution in [0.1, 0.15) is 47.0 Å². The fraction of sp³-hybridized carbons (Fsp3) is 0.441. The Kier molecular flexibility index (Phi) is 8.63. The smallest absolute Gasteiger partial charge is 0.332 e. The number of methoxy groups -OCH3 is 1. The second-order valence-electron chi connectivity index (χ2n) is 12.3. The highest BCUT2D eigenvalue weighted by Gasteiger charge is 2.62. The van der Waals surface area contributed by atoms with Crippen molar-refractivity contribution in [3.8, 4) is 23.0 Å². The van der Waals surface area contributed by atoms with Gasteiger partial charge in [0.05, 0.1) is 36.5 Å². The van der Waals surface area contributed by atoms with Gasteiger partial charge in [-0.2, -0.15) is 4.98 Å². The number of ether oxygens (including phenoxy) is 4. The molecule has 2 unspecified atom stereocenters.